The van der Waals surface area contributed by atoms with Crippen molar-refractivity contribution < 1.29 is 19.0 Å². The van der Waals surface area contributed by atoms with Crippen molar-refractivity contribution in [1.29, 1.82) is 0 Å². The highest BCUT2D eigenvalue weighted by atomic mass is 32.1. The van der Waals surface area contributed by atoms with Gasteiger partial charge in [-0.1, -0.05) is 18.2 Å². The van der Waals surface area contributed by atoms with E-state index in [4.69, 9.17) is 26.4 Å². The zero-order valence-electron chi connectivity index (χ0n) is 14.3. The molecule has 0 bridgehead atoms. The van der Waals surface area contributed by atoms with E-state index in [-0.39, 0.29) is 6.61 Å². The zero-order valence-corrected chi connectivity index (χ0v) is 15.1. The van der Waals surface area contributed by atoms with Crippen molar-refractivity contribution in [1.82, 2.24) is 10.2 Å². The van der Waals surface area contributed by atoms with Crippen LogP contribution in [0.5, 0.6) is 5.75 Å². The predicted molar refractivity (Wildman–Crippen MR) is 94.8 cm³/mol. The lowest BCUT2D eigenvalue weighted by molar-refractivity contribution is -0.140. The van der Waals surface area contributed by atoms with E-state index in [9.17, 15) is 4.79 Å². The molecule has 24 heavy (non-hydrogen) atoms. The summed E-state index contributed by atoms with van der Waals surface area (Å²) >= 11 is 5.38. The molecule has 0 amide bonds. The SMILES string of the molecule is COCCOC(=O)C1=C(C)N(C)C(=S)NC1c1ccccc1OC. The monoisotopic (exact) mass is 350 g/mol. The van der Waals surface area contributed by atoms with Crippen LogP contribution >= 0.6 is 12.2 Å². The highest BCUT2D eigenvalue weighted by Crippen LogP contribution is 2.35. The fourth-order valence-electron chi connectivity index (χ4n) is 2.53. The maximum atomic E-state index is 12.6. The Hall–Kier alpha value is -2.12. The summed E-state index contributed by atoms with van der Waals surface area (Å²) in [4.78, 5) is 14.4. The standard InChI is InChI=1S/C17H22N2O4S/c1-11-14(16(20)23-10-9-21-3)15(18-17(24)19(11)2)12-7-5-6-8-13(12)22-4/h5-8,15H,9-10H2,1-4H3,(H,18,24). The average Bonchev–Trinajstić information content (AvgIpc) is 2.59. The molecule has 0 aromatic heterocycles. The summed E-state index contributed by atoms with van der Waals surface area (Å²) < 4.78 is 15.7. The number of hydrogen-bond acceptors (Lipinski definition) is 5. The molecular weight excluding hydrogens is 328 g/mol. The summed E-state index contributed by atoms with van der Waals surface area (Å²) in [6.45, 7) is 2.39. The van der Waals surface area contributed by atoms with Crippen LogP contribution in [0.2, 0.25) is 0 Å². The smallest absolute Gasteiger partial charge is 0.338 e. The van der Waals surface area contributed by atoms with Crippen molar-refractivity contribution >= 4 is 23.3 Å². The Morgan fingerprint density at radius 2 is 2.00 bits per heavy atom. The third-order valence-electron chi connectivity index (χ3n) is 3.94. The molecule has 0 saturated carbocycles. The molecule has 1 aliphatic rings. The summed E-state index contributed by atoms with van der Waals surface area (Å²) in [5.41, 5.74) is 2.08. The molecule has 7 heteroatoms. The predicted octanol–water partition coefficient (Wildman–Crippen LogP) is 2.02. The Kier molecular flexibility index (Phi) is 6.16. The number of carbonyl (C=O) groups is 1. The van der Waals surface area contributed by atoms with E-state index < -0.39 is 12.0 Å². The van der Waals surface area contributed by atoms with Gasteiger partial charge >= 0.3 is 5.97 Å². The molecule has 1 aromatic rings. The van der Waals surface area contributed by atoms with Gasteiger partial charge in [-0.25, -0.2) is 4.79 Å². The molecule has 130 valence electrons. The highest BCUT2D eigenvalue weighted by Gasteiger charge is 2.34. The maximum absolute atomic E-state index is 12.6. The molecule has 0 fully saturated rings. The molecule has 1 atom stereocenters. The number of nitrogens with one attached hydrogen (secondary N) is 1. The average molecular weight is 350 g/mol. The van der Waals surface area contributed by atoms with Crippen molar-refractivity contribution in [2.75, 3.05) is 34.5 Å². The minimum Gasteiger partial charge on any atom is -0.496 e. The first-order valence-electron chi connectivity index (χ1n) is 7.55. The van der Waals surface area contributed by atoms with Gasteiger partial charge in [-0.15, -0.1) is 0 Å². The number of thiocarbonyl (C=S) groups is 1. The quantitative estimate of drug-likeness (QED) is 0.478. The number of esters is 1. The second-order valence-corrected chi connectivity index (χ2v) is 5.70. The number of benzene rings is 1. The molecule has 2 rings (SSSR count). The summed E-state index contributed by atoms with van der Waals surface area (Å²) in [5.74, 6) is 0.277. The number of methoxy groups -OCH3 is 2. The van der Waals surface area contributed by atoms with Crippen molar-refractivity contribution in [3.8, 4) is 5.75 Å². The van der Waals surface area contributed by atoms with Gasteiger partial charge in [0.1, 0.15) is 12.4 Å². The Labute approximate surface area is 147 Å². The minimum atomic E-state index is -0.431. The maximum Gasteiger partial charge on any atom is 0.338 e. The molecule has 0 spiro atoms. The summed E-state index contributed by atoms with van der Waals surface area (Å²) in [6, 6.07) is 7.09. The Morgan fingerprint density at radius 3 is 2.67 bits per heavy atom. The molecule has 1 N–H and O–H groups in total. The number of allylic oxidation sites excluding steroid dienone is 1. The zero-order chi connectivity index (χ0) is 17.7. The lowest BCUT2D eigenvalue weighted by Crippen LogP contribution is -2.46. The van der Waals surface area contributed by atoms with Crippen LogP contribution < -0.4 is 10.1 Å². The van der Waals surface area contributed by atoms with E-state index in [1.807, 2.05) is 38.2 Å². The molecule has 0 saturated heterocycles. The second kappa shape index (κ2) is 8.12. The number of nitrogens with zero attached hydrogens (tertiary/aromatic N) is 1. The van der Waals surface area contributed by atoms with Gasteiger partial charge in [-0.2, -0.15) is 0 Å². The lowest BCUT2D eigenvalue weighted by atomic mass is 9.94. The van der Waals surface area contributed by atoms with Crippen LogP contribution in [0.4, 0.5) is 0 Å². The van der Waals surface area contributed by atoms with E-state index >= 15 is 0 Å². The van der Waals surface area contributed by atoms with Crippen LogP contribution in [0.25, 0.3) is 0 Å². The molecule has 1 aliphatic heterocycles. The molecular formula is C17H22N2O4S. The number of para-hydroxylation sites is 1. The number of hydrogen-bond donors (Lipinski definition) is 1. The molecule has 1 heterocycles. The highest BCUT2D eigenvalue weighted by molar-refractivity contribution is 7.80. The lowest BCUT2D eigenvalue weighted by Gasteiger charge is -2.35. The van der Waals surface area contributed by atoms with Crippen LogP contribution in [0.15, 0.2) is 35.5 Å². The first-order valence-corrected chi connectivity index (χ1v) is 7.96. The van der Waals surface area contributed by atoms with Gasteiger partial charge in [0, 0.05) is 25.4 Å². The third kappa shape index (κ3) is 3.68. The molecule has 6 nitrogen and oxygen atoms in total. The first-order chi connectivity index (χ1) is 11.5. The number of ether oxygens (including phenoxy) is 3. The van der Waals surface area contributed by atoms with Gasteiger partial charge in [0.25, 0.3) is 0 Å². The van der Waals surface area contributed by atoms with Crippen LogP contribution in [0, 0.1) is 0 Å². The van der Waals surface area contributed by atoms with Crippen LogP contribution in [0.1, 0.15) is 18.5 Å². The van der Waals surface area contributed by atoms with E-state index in [0.717, 1.165) is 11.3 Å². The van der Waals surface area contributed by atoms with E-state index in [1.54, 1.807) is 19.1 Å². The largest absolute Gasteiger partial charge is 0.496 e. The second-order valence-electron chi connectivity index (χ2n) is 5.31. The van der Waals surface area contributed by atoms with Crippen LogP contribution in [0.3, 0.4) is 0 Å². The van der Waals surface area contributed by atoms with Crippen LogP contribution in [-0.4, -0.2) is 50.5 Å². The van der Waals surface area contributed by atoms with E-state index in [0.29, 0.717) is 23.0 Å². The van der Waals surface area contributed by atoms with E-state index in [1.165, 1.54) is 0 Å². The number of carbonyl (C=O) groups excluding carboxylic acids is 1. The Bertz CT molecular complexity index is 660. The minimum absolute atomic E-state index is 0.193. The summed E-state index contributed by atoms with van der Waals surface area (Å²) in [5, 5.41) is 3.74. The van der Waals surface area contributed by atoms with Crippen molar-refractivity contribution in [2.24, 2.45) is 0 Å². The number of rotatable bonds is 6. The van der Waals surface area contributed by atoms with Crippen molar-refractivity contribution in [3.05, 3.63) is 41.1 Å². The molecule has 1 aromatic carbocycles. The van der Waals surface area contributed by atoms with Gasteiger partial charge in [-0.05, 0) is 25.2 Å². The van der Waals surface area contributed by atoms with Crippen LogP contribution in [-0.2, 0) is 14.3 Å². The fourth-order valence-corrected chi connectivity index (χ4v) is 2.79. The molecule has 0 radical (unpaired) electrons. The van der Waals surface area contributed by atoms with Gasteiger partial charge in [0.15, 0.2) is 5.11 Å². The van der Waals surface area contributed by atoms with Crippen molar-refractivity contribution in [2.45, 2.75) is 13.0 Å². The van der Waals surface area contributed by atoms with Gasteiger partial charge in [-0.3, -0.25) is 0 Å². The summed E-state index contributed by atoms with van der Waals surface area (Å²) in [6.07, 6.45) is 0. The third-order valence-corrected chi connectivity index (χ3v) is 4.34. The normalized spacial score (nSPS) is 17.6. The van der Waals surface area contributed by atoms with Gasteiger partial charge < -0.3 is 24.4 Å². The Balaban J connectivity index is 2.43. The fraction of sp³-hybridized carbons (Fsp3) is 0.412. The van der Waals surface area contributed by atoms with E-state index in [2.05, 4.69) is 5.32 Å². The first kappa shape index (κ1) is 18.2. The van der Waals surface area contributed by atoms with Gasteiger partial charge in [0.05, 0.1) is 25.3 Å². The van der Waals surface area contributed by atoms with Crippen molar-refractivity contribution in [3.63, 3.8) is 0 Å². The molecule has 0 aliphatic carbocycles. The topological polar surface area (TPSA) is 60.0 Å². The Morgan fingerprint density at radius 1 is 1.29 bits per heavy atom. The van der Waals surface area contributed by atoms with Gasteiger partial charge in [0.2, 0.25) is 0 Å². The molecule has 1 unspecified atom stereocenters. The summed E-state index contributed by atoms with van der Waals surface area (Å²) in [7, 11) is 4.97.